The van der Waals surface area contributed by atoms with Gasteiger partial charge in [0.05, 0.1) is 11.5 Å². The van der Waals surface area contributed by atoms with Crippen molar-refractivity contribution >= 4 is 0 Å². The number of aryl methyl sites for hydroxylation is 2. The zero-order valence-electron chi connectivity index (χ0n) is 14.8. The number of fused-ring (bicyclic) bond motifs is 1. The Morgan fingerprint density at radius 1 is 1.17 bits per heavy atom. The van der Waals surface area contributed by atoms with Gasteiger partial charge in [0.25, 0.3) is 0 Å². The fourth-order valence-corrected chi connectivity index (χ4v) is 4.86. The van der Waals surface area contributed by atoms with E-state index < -0.39 is 0 Å². The van der Waals surface area contributed by atoms with E-state index in [0.29, 0.717) is 5.92 Å². The monoisotopic (exact) mass is 305 g/mol. The summed E-state index contributed by atoms with van der Waals surface area (Å²) in [5.41, 5.74) is 5.25. The van der Waals surface area contributed by atoms with Crippen LogP contribution in [-0.4, -0.2) is 0 Å². The molecule has 1 nitrogen and oxygen atoms in total. The largest absolute Gasteiger partial charge is 0.197 e. The zero-order chi connectivity index (χ0) is 16.7. The van der Waals surface area contributed by atoms with Crippen molar-refractivity contribution in [2.75, 3.05) is 0 Å². The lowest BCUT2D eigenvalue weighted by Crippen LogP contribution is -2.35. The second-order valence-electron chi connectivity index (χ2n) is 7.79. The molecule has 0 saturated carbocycles. The number of benzene rings is 1. The summed E-state index contributed by atoms with van der Waals surface area (Å²) in [5, 5.41) is 9.87. The van der Waals surface area contributed by atoms with Gasteiger partial charge in [0, 0.05) is 11.3 Å². The lowest BCUT2D eigenvalue weighted by molar-refractivity contribution is 0.258. The molecule has 0 radical (unpaired) electrons. The van der Waals surface area contributed by atoms with Crippen LogP contribution in [0.3, 0.4) is 0 Å². The van der Waals surface area contributed by atoms with Gasteiger partial charge in [-0.05, 0) is 68.7 Å². The Labute approximate surface area is 140 Å². The summed E-state index contributed by atoms with van der Waals surface area (Å²) in [5.74, 6) is 0.366. The van der Waals surface area contributed by atoms with Gasteiger partial charge in [-0.2, -0.15) is 5.26 Å². The van der Waals surface area contributed by atoms with Crippen molar-refractivity contribution < 1.29 is 0 Å². The molecule has 0 N–H and O–H groups in total. The SMILES string of the molecule is Cc1cccc(C)c1C1C=CCC(C)(C#N)C2=CCCCC21C. The highest BCUT2D eigenvalue weighted by Gasteiger charge is 2.47. The molecule has 0 spiro atoms. The highest BCUT2D eigenvalue weighted by atomic mass is 14.5. The predicted molar refractivity (Wildman–Crippen MR) is 96.2 cm³/mol. The minimum absolute atomic E-state index is 0.0482. The first kappa shape index (κ1) is 16.1. The number of rotatable bonds is 1. The summed E-state index contributed by atoms with van der Waals surface area (Å²) in [6.07, 6.45) is 11.3. The molecule has 3 atom stereocenters. The molecule has 0 aromatic heterocycles. The number of nitrogens with zero attached hydrogens (tertiary/aromatic N) is 1. The Balaban J connectivity index is 2.22. The number of allylic oxidation sites excluding steroid dienone is 4. The number of hydrogen-bond donors (Lipinski definition) is 0. The molecule has 0 amide bonds. The molecule has 1 aromatic rings. The topological polar surface area (TPSA) is 23.8 Å². The molecule has 2 aliphatic rings. The standard InChI is InChI=1S/C22H27N/c1-16-9-7-10-17(2)20(16)18-11-8-13-21(3,15-23)19-12-5-6-14-22(18,19)4/h7-12,18H,5-6,13-14H2,1-4H3. The van der Waals surface area contributed by atoms with Gasteiger partial charge in [-0.1, -0.05) is 43.4 Å². The van der Waals surface area contributed by atoms with Gasteiger partial charge in [-0.3, -0.25) is 0 Å². The van der Waals surface area contributed by atoms with E-state index in [1.807, 2.05) is 0 Å². The Morgan fingerprint density at radius 2 is 1.87 bits per heavy atom. The van der Waals surface area contributed by atoms with Crippen LogP contribution in [0.4, 0.5) is 0 Å². The first-order valence-electron chi connectivity index (χ1n) is 8.77. The fourth-order valence-electron chi connectivity index (χ4n) is 4.86. The highest BCUT2D eigenvalue weighted by Crippen LogP contribution is 2.57. The quantitative estimate of drug-likeness (QED) is 0.584. The summed E-state index contributed by atoms with van der Waals surface area (Å²) < 4.78 is 0. The van der Waals surface area contributed by atoms with Crippen molar-refractivity contribution in [1.29, 1.82) is 5.26 Å². The first-order chi connectivity index (χ1) is 10.9. The van der Waals surface area contributed by atoms with E-state index in [1.54, 1.807) is 0 Å². The lowest BCUT2D eigenvalue weighted by Gasteiger charge is -2.45. The molecule has 2 aliphatic carbocycles. The summed E-state index contributed by atoms with van der Waals surface area (Å²) in [6, 6.07) is 9.22. The second-order valence-corrected chi connectivity index (χ2v) is 7.79. The van der Waals surface area contributed by atoms with Crippen molar-refractivity contribution in [1.82, 2.24) is 0 Å². The van der Waals surface area contributed by atoms with Crippen LogP contribution in [0, 0.1) is 36.0 Å². The molecule has 1 aromatic carbocycles. The van der Waals surface area contributed by atoms with Crippen LogP contribution in [0.15, 0.2) is 42.0 Å². The number of nitriles is 1. The molecule has 120 valence electrons. The molecule has 3 rings (SSSR count). The highest BCUT2D eigenvalue weighted by molar-refractivity contribution is 5.46. The molecular weight excluding hydrogens is 278 g/mol. The van der Waals surface area contributed by atoms with Crippen LogP contribution in [0.5, 0.6) is 0 Å². The maximum Gasteiger partial charge on any atom is 0.0794 e. The van der Waals surface area contributed by atoms with E-state index in [1.165, 1.54) is 35.1 Å². The third-order valence-corrected chi connectivity index (χ3v) is 6.10. The van der Waals surface area contributed by atoms with Crippen LogP contribution in [0.1, 0.15) is 62.1 Å². The van der Waals surface area contributed by atoms with Crippen molar-refractivity contribution in [2.45, 2.75) is 59.3 Å². The van der Waals surface area contributed by atoms with E-state index >= 15 is 0 Å². The van der Waals surface area contributed by atoms with Crippen LogP contribution in [0.2, 0.25) is 0 Å². The third kappa shape index (κ3) is 2.45. The second kappa shape index (κ2) is 5.68. The van der Waals surface area contributed by atoms with Crippen LogP contribution in [-0.2, 0) is 0 Å². The minimum Gasteiger partial charge on any atom is -0.197 e. The molecular formula is C22H27N. The van der Waals surface area contributed by atoms with E-state index in [9.17, 15) is 5.26 Å². The average molecular weight is 305 g/mol. The maximum absolute atomic E-state index is 9.87. The van der Waals surface area contributed by atoms with Gasteiger partial charge in [0.2, 0.25) is 0 Å². The smallest absolute Gasteiger partial charge is 0.0794 e. The minimum atomic E-state index is -0.364. The Hall–Kier alpha value is -1.81. The summed E-state index contributed by atoms with van der Waals surface area (Å²) in [7, 11) is 0. The van der Waals surface area contributed by atoms with Crippen LogP contribution < -0.4 is 0 Å². The van der Waals surface area contributed by atoms with E-state index in [0.717, 1.165) is 12.8 Å². The predicted octanol–water partition coefficient (Wildman–Crippen LogP) is 5.99. The average Bonchev–Trinajstić information content (AvgIpc) is 2.63. The van der Waals surface area contributed by atoms with Crippen LogP contribution >= 0.6 is 0 Å². The normalized spacial score (nSPS) is 33.3. The van der Waals surface area contributed by atoms with Crippen molar-refractivity contribution in [3.05, 3.63) is 58.7 Å². The Morgan fingerprint density at radius 3 is 2.52 bits per heavy atom. The summed E-state index contributed by atoms with van der Waals surface area (Å²) in [4.78, 5) is 0. The molecule has 0 aliphatic heterocycles. The molecule has 1 heteroatoms. The van der Waals surface area contributed by atoms with Crippen molar-refractivity contribution in [3.63, 3.8) is 0 Å². The van der Waals surface area contributed by atoms with E-state index in [-0.39, 0.29) is 10.8 Å². The molecule has 0 heterocycles. The number of hydrogen-bond acceptors (Lipinski definition) is 1. The maximum atomic E-state index is 9.87. The molecule has 0 bridgehead atoms. The van der Waals surface area contributed by atoms with E-state index in [4.69, 9.17) is 0 Å². The molecule has 3 unspecified atom stereocenters. The van der Waals surface area contributed by atoms with Gasteiger partial charge in [-0.25, -0.2) is 0 Å². The molecule has 0 saturated heterocycles. The van der Waals surface area contributed by atoms with Gasteiger partial charge in [0.15, 0.2) is 0 Å². The van der Waals surface area contributed by atoms with Gasteiger partial charge >= 0.3 is 0 Å². The van der Waals surface area contributed by atoms with Gasteiger partial charge in [-0.15, -0.1) is 0 Å². The first-order valence-corrected chi connectivity index (χ1v) is 8.77. The summed E-state index contributed by atoms with van der Waals surface area (Å²) >= 11 is 0. The van der Waals surface area contributed by atoms with Crippen molar-refractivity contribution in [3.8, 4) is 6.07 Å². The third-order valence-electron chi connectivity index (χ3n) is 6.10. The van der Waals surface area contributed by atoms with E-state index in [2.05, 4.69) is 70.2 Å². The molecule has 0 fully saturated rings. The van der Waals surface area contributed by atoms with Crippen molar-refractivity contribution in [2.24, 2.45) is 10.8 Å². The fraction of sp³-hybridized carbons (Fsp3) is 0.500. The molecule has 23 heavy (non-hydrogen) atoms. The van der Waals surface area contributed by atoms with Gasteiger partial charge < -0.3 is 0 Å². The Bertz CT molecular complexity index is 698. The summed E-state index contributed by atoms with van der Waals surface area (Å²) in [6.45, 7) is 8.96. The Kier molecular flexibility index (Phi) is 3.96. The van der Waals surface area contributed by atoms with Gasteiger partial charge in [0.1, 0.15) is 0 Å². The van der Waals surface area contributed by atoms with Crippen LogP contribution in [0.25, 0.3) is 0 Å². The lowest BCUT2D eigenvalue weighted by atomic mass is 9.57. The zero-order valence-corrected chi connectivity index (χ0v) is 14.8.